The molecule has 0 heterocycles. The van der Waals surface area contributed by atoms with Crippen LogP contribution in [0.3, 0.4) is 0 Å². The van der Waals surface area contributed by atoms with Gasteiger partial charge in [0.2, 0.25) is 0 Å². The van der Waals surface area contributed by atoms with Gasteiger partial charge in [0.1, 0.15) is 0 Å². The monoisotopic (exact) mass is 141 g/mol. The summed E-state index contributed by atoms with van der Waals surface area (Å²) in [4.78, 5) is 3.82. The van der Waals surface area contributed by atoms with Crippen molar-refractivity contribution >= 4 is 5.96 Å². The van der Waals surface area contributed by atoms with Crippen LogP contribution in [0.2, 0.25) is 0 Å². The van der Waals surface area contributed by atoms with Gasteiger partial charge in [-0.25, -0.2) is 0 Å². The molecule has 1 atom stereocenters. The fraction of sp³-hybridized carbons (Fsp3) is 0.857. The van der Waals surface area contributed by atoms with Crippen LogP contribution in [-0.4, -0.2) is 19.0 Å². The highest BCUT2D eigenvalue weighted by Gasteiger charge is 2.27. The van der Waals surface area contributed by atoms with E-state index in [1.54, 1.807) is 7.05 Å². The first-order valence-corrected chi connectivity index (χ1v) is 3.73. The molecule has 0 amide bonds. The molecule has 3 N–H and O–H groups in total. The summed E-state index contributed by atoms with van der Waals surface area (Å²) in [6.45, 7) is 2.15. The molecule has 3 heteroatoms. The maximum atomic E-state index is 5.48. The number of rotatable bonds is 2. The van der Waals surface area contributed by atoms with Gasteiger partial charge in [0.15, 0.2) is 5.96 Å². The summed E-state index contributed by atoms with van der Waals surface area (Å²) in [6, 6.07) is 0.503. The van der Waals surface area contributed by atoms with Crippen LogP contribution in [0.4, 0.5) is 0 Å². The van der Waals surface area contributed by atoms with Gasteiger partial charge in [-0.2, -0.15) is 0 Å². The zero-order valence-electron chi connectivity index (χ0n) is 6.59. The molecular weight excluding hydrogens is 126 g/mol. The van der Waals surface area contributed by atoms with Gasteiger partial charge in [-0.05, 0) is 25.7 Å². The summed E-state index contributed by atoms with van der Waals surface area (Å²) in [6.07, 6.45) is 2.68. The van der Waals surface area contributed by atoms with Crippen LogP contribution in [0.25, 0.3) is 0 Å². The molecule has 0 aliphatic heterocycles. The summed E-state index contributed by atoms with van der Waals surface area (Å²) in [5.74, 6) is 1.39. The second-order valence-electron chi connectivity index (χ2n) is 2.88. The number of aliphatic imine (C=N–C) groups is 1. The number of hydrogen-bond donors (Lipinski definition) is 2. The molecule has 1 aliphatic rings. The van der Waals surface area contributed by atoms with Crippen molar-refractivity contribution in [2.45, 2.75) is 25.8 Å². The van der Waals surface area contributed by atoms with E-state index in [2.05, 4.69) is 17.2 Å². The smallest absolute Gasteiger partial charge is 0.188 e. The third kappa shape index (κ3) is 1.90. The van der Waals surface area contributed by atoms with Crippen molar-refractivity contribution in [1.29, 1.82) is 0 Å². The van der Waals surface area contributed by atoms with Gasteiger partial charge in [-0.1, -0.05) is 0 Å². The molecule has 0 saturated heterocycles. The normalized spacial score (nSPS) is 22.4. The van der Waals surface area contributed by atoms with Crippen LogP contribution in [0.15, 0.2) is 4.99 Å². The van der Waals surface area contributed by atoms with Crippen LogP contribution in [0, 0.1) is 5.92 Å². The standard InChI is InChI=1S/C7H15N3/c1-5(6-3-4-6)10-7(8)9-2/h5-6H,3-4H2,1-2H3,(H3,8,9,10). The molecule has 1 rings (SSSR count). The molecule has 1 saturated carbocycles. The van der Waals surface area contributed by atoms with Crippen molar-refractivity contribution in [1.82, 2.24) is 5.32 Å². The average molecular weight is 141 g/mol. The highest BCUT2D eigenvalue weighted by molar-refractivity contribution is 5.77. The molecule has 0 spiro atoms. The largest absolute Gasteiger partial charge is 0.370 e. The summed E-state index contributed by atoms with van der Waals surface area (Å²) in [5.41, 5.74) is 5.48. The number of nitrogens with one attached hydrogen (secondary N) is 1. The minimum absolute atomic E-state index is 0.503. The molecule has 0 radical (unpaired) electrons. The molecular formula is C7H15N3. The zero-order valence-corrected chi connectivity index (χ0v) is 6.59. The predicted molar refractivity (Wildman–Crippen MR) is 42.9 cm³/mol. The molecule has 1 fully saturated rings. The number of nitrogens with two attached hydrogens (primary N) is 1. The number of guanidine groups is 1. The zero-order chi connectivity index (χ0) is 7.56. The first kappa shape index (κ1) is 7.38. The topological polar surface area (TPSA) is 50.4 Å². The lowest BCUT2D eigenvalue weighted by Crippen LogP contribution is -2.39. The Labute approximate surface area is 61.7 Å². The molecule has 1 unspecified atom stereocenters. The van der Waals surface area contributed by atoms with Crippen LogP contribution < -0.4 is 11.1 Å². The third-order valence-corrected chi connectivity index (χ3v) is 1.95. The first-order chi connectivity index (χ1) is 4.74. The Morgan fingerprint density at radius 2 is 2.30 bits per heavy atom. The predicted octanol–water partition coefficient (Wildman–Crippen LogP) is 0.319. The van der Waals surface area contributed by atoms with Crippen molar-refractivity contribution in [3.05, 3.63) is 0 Å². The van der Waals surface area contributed by atoms with E-state index < -0.39 is 0 Å². The molecule has 3 nitrogen and oxygen atoms in total. The second-order valence-corrected chi connectivity index (χ2v) is 2.88. The summed E-state index contributed by atoms with van der Waals surface area (Å²) < 4.78 is 0. The van der Waals surface area contributed by atoms with Crippen molar-refractivity contribution in [2.24, 2.45) is 16.6 Å². The molecule has 58 valence electrons. The van der Waals surface area contributed by atoms with E-state index in [0.717, 1.165) is 5.92 Å². The van der Waals surface area contributed by atoms with Crippen molar-refractivity contribution in [2.75, 3.05) is 7.05 Å². The van der Waals surface area contributed by atoms with Crippen LogP contribution in [0.1, 0.15) is 19.8 Å². The minimum Gasteiger partial charge on any atom is -0.370 e. The Kier molecular flexibility index (Phi) is 2.14. The van der Waals surface area contributed by atoms with Gasteiger partial charge in [0, 0.05) is 13.1 Å². The molecule has 0 aromatic rings. The molecule has 1 aliphatic carbocycles. The van der Waals surface area contributed by atoms with Crippen molar-refractivity contribution < 1.29 is 0 Å². The van der Waals surface area contributed by atoms with Gasteiger partial charge < -0.3 is 11.1 Å². The van der Waals surface area contributed by atoms with Crippen molar-refractivity contribution in [3.63, 3.8) is 0 Å². The average Bonchev–Trinajstić information content (AvgIpc) is 2.68. The lowest BCUT2D eigenvalue weighted by Gasteiger charge is -2.11. The van der Waals surface area contributed by atoms with Crippen molar-refractivity contribution in [3.8, 4) is 0 Å². The fourth-order valence-corrected chi connectivity index (χ4v) is 1.01. The van der Waals surface area contributed by atoms with E-state index in [4.69, 9.17) is 5.73 Å². The summed E-state index contributed by atoms with van der Waals surface area (Å²) in [5, 5.41) is 3.12. The Morgan fingerprint density at radius 1 is 1.70 bits per heavy atom. The highest BCUT2D eigenvalue weighted by atomic mass is 15.1. The molecule has 10 heavy (non-hydrogen) atoms. The van der Waals surface area contributed by atoms with Gasteiger partial charge in [-0.15, -0.1) is 0 Å². The lowest BCUT2D eigenvalue weighted by molar-refractivity contribution is 0.584. The maximum absolute atomic E-state index is 5.48. The Morgan fingerprint density at radius 3 is 2.70 bits per heavy atom. The summed E-state index contributed by atoms with van der Waals surface area (Å²) in [7, 11) is 1.70. The van der Waals surface area contributed by atoms with E-state index in [-0.39, 0.29) is 0 Å². The highest BCUT2D eigenvalue weighted by Crippen LogP contribution is 2.32. The quantitative estimate of drug-likeness (QED) is 0.430. The number of hydrogen-bond acceptors (Lipinski definition) is 1. The Balaban J connectivity index is 2.22. The molecule has 0 aromatic carbocycles. The fourth-order valence-electron chi connectivity index (χ4n) is 1.01. The van der Waals surface area contributed by atoms with Crippen LogP contribution in [0.5, 0.6) is 0 Å². The minimum atomic E-state index is 0.503. The first-order valence-electron chi connectivity index (χ1n) is 3.73. The molecule has 0 bridgehead atoms. The SMILES string of the molecule is CN=C(N)NC(C)C1CC1. The van der Waals surface area contributed by atoms with Gasteiger partial charge in [0.25, 0.3) is 0 Å². The second kappa shape index (κ2) is 2.90. The summed E-state index contributed by atoms with van der Waals surface area (Å²) >= 11 is 0. The maximum Gasteiger partial charge on any atom is 0.188 e. The Hall–Kier alpha value is -0.730. The van der Waals surface area contributed by atoms with E-state index in [1.807, 2.05) is 0 Å². The third-order valence-electron chi connectivity index (χ3n) is 1.95. The van der Waals surface area contributed by atoms with E-state index in [9.17, 15) is 0 Å². The van der Waals surface area contributed by atoms with Gasteiger partial charge >= 0.3 is 0 Å². The number of nitrogens with zero attached hydrogens (tertiary/aromatic N) is 1. The van der Waals surface area contributed by atoms with Crippen LogP contribution in [-0.2, 0) is 0 Å². The Bertz CT molecular complexity index is 138. The van der Waals surface area contributed by atoms with Crippen LogP contribution >= 0.6 is 0 Å². The van der Waals surface area contributed by atoms with E-state index >= 15 is 0 Å². The molecule has 0 aromatic heterocycles. The lowest BCUT2D eigenvalue weighted by atomic mass is 10.2. The van der Waals surface area contributed by atoms with Gasteiger partial charge in [-0.3, -0.25) is 4.99 Å². The van der Waals surface area contributed by atoms with Gasteiger partial charge in [0.05, 0.1) is 0 Å². The van der Waals surface area contributed by atoms with E-state index in [0.29, 0.717) is 12.0 Å². The van der Waals surface area contributed by atoms with E-state index in [1.165, 1.54) is 12.8 Å².